The van der Waals surface area contributed by atoms with Crippen LogP contribution in [0.5, 0.6) is 5.75 Å². The molecule has 1 aromatic rings. The van der Waals surface area contributed by atoms with Gasteiger partial charge in [-0.05, 0) is 11.6 Å². The number of halogens is 3. The van der Waals surface area contributed by atoms with Crippen LogP contribution in [-0.2, 0) is 0 Å². The van der Waals surface area contributed by atoms with Crippen molar-refractivity contribution in [3.8, 4) is 5.75 Å². The Morgan fingerprint density at radius 2 is 2.07 bits per heavy atom. The first kappa shape index (κ1) is 12.2. The molecule has 0 radical (unpaired) electrons. The summed E-state index contributed by atoms with van der Waals surface area (Å²) in [5.41, 5.74) is 0.140. The third-order valence-electron chi connectivity index (χ3n) is 2.15. The zero-order valence-corrected chi connectivity index (χ0v) is 9.11. The van der Waals surface area contributed by atoms with Crippen molar-refractivity contribution in [3.63, 3.8) is 0 Å². The van der Waals surface area contributed by atoms with Crippen LogP contribution in [0.1, 0.15) is 18.4 Å². The highest BCUT2D eigenvalue weighted by Gasteiger charge is 2.21. The average Bonchev–Trinajstić information content (AvgIpc) is 2.23. The van der Waals surface area contributed by atoms with Crippen LogP contribution in [-0.4, -0.2) is 18.8 Å². The summed E-state index contributed by atoms with van der Waals surface area (Å²) in [4.78, 5) is 0. The standard InChI is InChI=1S/C10H11ClF2O2/c1-5(4-14)6-3-7(11)9(13)10(15-2)8(6)12/h3,5,14H,4H2,1-2H3. The molecular formula is C10H11ClF2O2. The van der Waals surface area contributed by atoms with E-state index < -0.39 is 23.3 Å². The highest BCUT2D eigenvalue weighted by atomic mass is 35.5. The van der Waals surface area contributed by atoms with E-state index in [1.165, 1.54) is 0 Å². The molecular weight excluding hydrogens is 226 g/mol. The summed E-state index contributed by atoms with van der Waals surface area (Å²) in [6.45, 7) is 1.36. The number of aliphatic hydroxyl groups is 1. The molecule has 0 heterocycles. The molecule has 1 rings (SSSR count). The number of benzene rings is 1. The number of methoxy groups -OCH3 is 1. The van der Waals surface area contributed by atoms with Gasteiger partial charge in [0, 0.05) is 12.5 Å². The lowest BCUT2D eigenvalue weighted by molar-refractivity contribution is 0.268. The molecule has 0 amide bonds. The Hall–Kier alpha value is -0.870. The highest BCUT2D eigenvalue weighted by Crippen LogP contribution is 2.33. The van der Waals surface area contributed by atoms with E-state index in [-0.39, 0.29) is 17.2 Å². The maximum Gasteiger partial charge on any atom is 0.192 e. The van der Waals surface area contributed by atoms with Crippen LogP contribution in [0, 0.1) is 11.6 Å². The van der Waals surface area contributed by atoms with E-state index in [0.29, 0.717) is 0 Å². The van der Waals surface area contributed by atoms with E-state index in [2.05, 4.69) is 4.74 Å². The van der Waals surface area contributed by atoms with Gasteiger partial charge in [0.1, 0.15) is 0 Å². The molecule has 0 saturated heterocycles. The molecule has 84 valence electrons. The minimum atomic E-state index is -0.925. The van der Waals surface area contributed by atoms with Gasteiger partial charge < -0.3 is 9.84 Å². The Labute approximate surface area is 91.4 Å². The smallest absolute Gasteiger partial charge is 0.192 e. The Morgan fingerprint density at radius 1 is 1.47 bits per heavy atom. The molecule has 0 bridgehead atoms. The Balaban J connectivity index is 3.36. The number of hydrogen-bond acceptors (Lipinski definition) is 2. The lowest BCUT2D eigenvalue weighted by Crippen LogP contribution is -2.05. The van der Waals surface area contributed by atoms with Gasteiger partial charge in [0.25, 0.3) is 0 Å². The second-order valence-corrected chi connectivity index (χ2v) is 3.60. The molecule has 2 nitrogen and oxygen atoms in total. The fourth-order valence-corrected chi connectivity index (χ4v) is 1.44. The average molecular weight is 237 g/mol. The normalized spacial score (nSPS) is 12.7. The molecule has 0 aliphatic carbocycles. The number of hydrogen-bond donors (Lipinski definition) is 1. The molecule has 1 N–H and O–H groups in total. The maximum atomic E-state index is 13.6. The highest BCUT2D eigenvalue weighted by molar-refractivity contribution is 6.31. The van der Waals surface area contributed by atoms with Crippen molar-refractivity contribution in [1.82, 2.24) is 0 Å². The third kappa shape index (κ3) is 2.21. The quantitative estimate of drug-likeness (QED) is 0.818. The first-order chi connectivity index (χ1) is 7.02. The molecule has 0 aromatic heterocycles. The molecule has 0 spiro atoms. The molecule has 1 atom stereocenters. The Kier molecular flexibility index (Phi) is 3.88. The largest absolute Gasteiger partial charge is 0.491 e. The van der Waals surface area contributed by atoms with Crippen LogP contribution >= 0.6 is 11.6 Å². The van der Waals surface area contributed by atoms with Crippen LogP contribution < -0.4 is 4.74 Å². The van der Waals surface area contributed by atoms with Crippen molar-refractivity contribution in [2.45, 2.75) is 12.8 Å². The maximum absolute atomic E-state index is 13.6. The summed E-state index contributed by atoms with van der Waals surface area (Å²) in [7, 11) is 1.16. The molecule has 0 fully saturated rings. The van der Waals surface area contributed by atoms with Crippen molar-refractivity contribution in [3.05, 3.63) is 28.3 Å². The zero-order valence-electron chi connectivity index (χ0n) is 8.35. The molecule has 15 heavy (non-hydrogen) atoms. The molecule has 1 aromatic carbocycles. The predicted octanol–water partition coefficient (Wildman–Crippen LogP) is 2.72. The van der Waals surface area contributed by atoms with Gasteiger partial charge in [-0.2, -0.15) is 0 Å². The summed E-state index contributed by atoms with van der Waals surface area (Å²) in [5, 5.41) is 8.67. The number of aliphatic hydroxyl groups excluding tert-OH is 1. The molecule has 5 heteroatoms. The lowest BCUT2D eigenvalue weighted by Gasteiger charge is -2.13. The second-order valence-electron chi connectivity index (χ2n) is 3.19. The van der Waals surface area contributed by atoms with E-state index in [1.807, 2.05) is 0 Å². The second kappa shape index (κ2) is 4.77. The zero-order chi connectivity index (χ0) is 11.6. The van der Waals surface area contributed by atoms with Gasteiger partial charge in [-0.1, -0.05) is 18.5 Å². The molecule has 1 unspecified atom stereocenters. The monoisotopic (exact) mass is 236 g/mol. The van der Waals surface area contributed by atoms with E-state index in [4.69, 9.17) is 16.7 Å². The summed E-state index contributed by atoms with van der Waals surface area (Å²) < 4.78 is 31.4. The van der Waals surface area contributed by atoms with Gasteiger partial charge in [-0.3, -0.25) is 0 Å². The van der Waals surface area contributed by atoms with Crippen LogP contribution in [0.15, 0.2) is 6.07 Å². The van der Waals surface area contributed by atoms with Crippen molar-refractivity contribution in [2.24, 2.45) is 0 Å². The van der Waals surface area contributed by atoms with E-state index in [9.17, 15) is 8.78 Å². The Morgan fingerprint density at radius 3 is 2.53 bits per heavy atom. The molecule has 0 saturated carbocycles. The summed E-state index contributed by atoms with van der Waals surface area (Å²) >= 11 is 5.57. The van der Waals surface area contributed by atoms with E-state index in [0.717, 1.165) is 13.2 Å². The first-order valence-electron chi connectivity index (χ1n) is 4.35. The predicted molar refractivity (Wildman–Crippen MR) is 53.4 cm³/mol. The van der Waals surface area contributed by atoms with Crippen LogP contribution in [0.3, 0.4) is 0 Å². The van der Waals surface area contributed by atoms with Crippen LogP contribution in [0.2, 0.25) is 5.02 Å². The van der Waals surface area contributed by atoms with Crippen molar-refractivity contribution in [2.75, 3.05) is 13.7 Å². The molecule has 0 aliphatic rings. The van der Waals surface area contributed by atoms with E-state index in [1.54, 1.807) is 6.92 Å². The van der Waals surface area contributed by atoms with Crippen molar-refractivity contribution >= 4 is 11.6 Å². The minimum Gasteiger partial charge on any atom is -0.491 e. The van der Waals surface area contributed by atoms with Gasteiger partial charge in [-0.25, -0.2) is 8.78 Å². The molecule has 0 aliphatic heterocycles. The fourth-order valence-electron chi connectivity index (χ4n) is 1.24. The summed E-state index contributed by atoms with van der Waals surface area (Å²) in [5.74, 6) is -2.72. The van der Waals surface area contributed by atoms with Gasteiger partial charge in [0.15, 0.2) is 17.4 Å². The van der Waals surface area contributed by atoms with Gasteiger partial charge in [0.2, 0.25) is 0 Å². The summed E-state index contributed by atoms with van der Waals surface area (Å²) in [6, 6.07) is 1.16. The third-order valence-corrected chi connectivity index (χ3v) is 2.43. The topological polar surface area (TPSA) is 29.5 Å². The first-order valence-corrected chi connectivity index (χ1v) is 4.73. The van der Waals surface area contributed by atoms with Crippen LogP contribution in [0.4, 0.5) is 8.78 Å². The summed E-state index contributed by atoms with van der Waals surface area (Å²) in [6.07, 6.45) is 0. The van der Waals surface area contributed by atoms with Gasteiger partial charge in [-0.15, -0.1) is 0 Å². The van der Waals surface area contributed by atoms with E-state index >= 15 is 0 Å². The number of rotatable bonds is 3. The number of ether oxygens (including phenoxy) is 1. The SMILES string of the molecule is COc1c(F)c(Cl)cc(C(C)CO)c1F. The van der Waals surface area contributed by atoms with Crippen molar-refractivity contribution < 1.29 is 18.6 Å². The fraction of sp³-hybridized carbons (Fsp3) is 0.400. The lowest BCUT2D eigenvalue weighted by atomic mass is 10.0. The minimum absolute atomic E-state index is 0.140. The Bertz CT molecular complexity index is 369. The van der Waals surface area contributed by atoms with Gasteiger partial charge >= 0.3 is 0 Å². The van der Waals surface area contributed by atoms with Gasteiger partial charge in [0.05, 0.1) is 12.1 Å². The van der Waals surface area contributed by atoms with Crippen molar-refractivity contribution in [1.29, 1.82) is 0 Å². The van der Waals surface area contributed by atoms with Crippen LogP contribution in [0.25, 0.3) is 0 Å².